The molecule has 20 heavy (non-hydrogen) atoms. The van der Waals surface area contributed by atoms with Gasteiger partial charge in [-0.15, -0.1) is 0 Å². The Morgan fingerprint density at radius 3 is 2.80 bits per heavy atom. The number of nitrogens with zero attached hydrogens (tertiary/aromatic N) is 2. The molecule has 108 valence electrons. The van der Waals surface area contributed by atoms with Gasteiger partial charge in [-0.25, -0.2) is 4.98 Å². The van der Waals surface area contributed by atoms with Crippen molar-refractivity contribution in [3.63, 3.8) is 0 Å². The van der Waals surface area contributed by atoms with Gasteiger partial charge in [0, 0.05) is 6.04 Å². The van der Waals surface area contributed by atoms with Crippen molar-refractivity contribution in [2.24, 2.45) is 0 Å². The van der Waals surface area contributed by atoms with E-state index in [1.165, 1.54) is 0 Å². The average molecular weight is 275 g/mol. The Morgan fingerprint density at radius 1 is 1.35 bits per heavy atom. The van der Waals surface area contributed by atoms with Crippen LogP contribution in [0, 0.1) is 0 Å². The number of anilines is 1. The predicted molar refractivity (Wildman–Crippen MR) is 78.8 cm³/mol. The number of aliphatic hydroxyl groups excluding tert-OH is 1. The lowest BCUT2D eigenvalue weighted by atomic mass is 9.93. The van der Waals surface area contributed by atoms with Gasteiger partial charge >= 0.3 is 0 Å². The molecule has 1 heterocycles. The van der Waals surface area contributed by atoms with Crippen LogP contribution >= 0.6 is 0 Å². The smallest absolute Gasteiger partial charge is 0.201 e. The lowest BCUT2D eigenvalue weighted by Gasteiger charge is -2.27. The van der Waals surface area contributed by atoms with Gasteiger partial charge in [0.25, 0.3) is 0 Å². The van der Waals surface area contributed by atoms with Crippen LogP contribution in [0.15, 0.2) is 18.2 Å². The fourth-order valence-corrected chi connectivity index (χ4v) is 3.08. The lowest BCUT2D eigenvalue weighted by molar-refractivity contribution is 0.112. The highest BCUT2D eigenvalue weighted by atomic mass is 16.5. The molecule has 2 aromatic rings. The molecule has 5 heteroatoms. The summed E-state index contributed by atoms with van der Waals surface area (Å²) in [5.41, 5.74) is 7.97. The molecule has 3 N–H and O–H groups in total. The van der Waals surface area contributed by atoms with Crippen molar-refractivity contribution in [2.45, 2.75) is 44.8 Å². The number of rotatable bonds is 3. The maximum absolute atomic E-state index is 9.64. The number of hydrogen-bond donors (Lipinski definition) is 2. The Hall–Kier alpha value is -1.75. The quantitative estimate of drug-likeness (QED) is 0.902. The number of para-hydroxylation sites is 1. The van der Waals surface area contributed by atoms with Crippen molar-refractivity contribution < 1.29 is 9.84 Å². The average Bonchev–Trinajstić information content (AvgIpc) is 2.78. The zero-order chi connectivity index (χ0) is 14.1. The van der Waals surface area contributed by atoms with Gasteiger partial charge in [-0.05, 0) is 44.7 Å². The molecule has 0 radical (unpaired) electrons. The van der Waals surface area contributed by atoms with Crippen LogP contribution in [0.1, 0.15) is 38.6 Å². The Balaban J connectivity index is 2.02. The highest BCUT2D eigenvalue weighted by molar-refractivity contribution is 5.84. The van der Waals surface area contributed by atoms with E-state index in [0.29, 0.717) is 18.6 Å². The summed E-state index contributed by atoms with van der Waals surface area (Å²) in [7, 11) is 0. The molecule has 0 unspecified atom stereocenters. The van der Waals surface area contributed by atoms with Gasteiger partial charge < -0.3 is 20.1 Å². The normalized spacial score (nSPS) is 23.1. The number of nitrogens with two attached hydrogens (primary N) is 1. The summed E-state index contributed by atoms with van der Waals surface area (Å²) < 4.78 is 7.72. The van der Waals surface area contributed by atoms with E-state index in [0.717, 1.165) is 42.5 Å². The van der Waals surface area contributed by atoms with E-state index in [4.69, 9.17) is 10.5 Å². The summed E-state index contributed by atoms with van der Waals surface area (Å²) in [6.45, 7) is 2.57. The summed E-state index contributed by atoms with van der Waals surface area (Å²) in [4.78, 5) is 4.48. The van der Waals surface area contributed by atoms with E-state index < -0.39 is 0 Å². The van der Waals surface area contributed by atoms with Crippen LogP contribution in [0.2, 0.25) is 0 Å². The predicted octanol–water partition coefficient (Wildman–Crippen LogP) is 2.49. The third kappa shape index (κ3) is 2.22. The van der Waals surface area contributed by atoms with Gasteiger partial charge in [-0.1, -0.05) is 6.07 Å². The molecule has 0 spiro atoms. The number of hydrogen-bond acceptors (Lipinski definition) is 4. The highest BCUT2D eigenvalue weighted by Crippen LogP contribution is 2.35. The maximum atomic E-state index is 9.64. The summed E-state index contributed by atoms with van der Waals surface area (Å²) in [6.07, 6.45) is 3.37. The molecule has 3 rings (SSSR count). The molecular weight excluding hydrogens is 254 g/mol. The van der Waals surface area contributed by atoms with Crippen LogP contribution in [0.5, 0.6) is 5.75 Å². The highest BCUT2D eigenvalue weighted by Gasteiger charge is 2.24. The van der Waals surface area contributed by atoms with Crippen molar-refractivity contribution in [1.29, 1.82) is 0 Å². The number of nitrogen functional groups attached to an aromatic ring is 1. The number of aliphatic hydroxyl groups is 1. The largest absolute Gasteiger partial charge is 0.492 e. The third-order valence-electron chi connectivity index (χ3n) is 4.04. The van der Waals surface area contributed by atoms with Crippen molar-refractivity contribution in [3.05, 3.63) is 18.2 Å². The van der Waals surface area contributed by atoms with Crippen molar-refractivity contribution >= 4 is 17.0 Å². The molecule has 0 amide bonds. The molecule has 0 aliphatic heterocycles. The number of imidazole rings is 1. The van der Waals surface area contributed by atoms with Gasteiger partial charge in [-0.2, -0.15) is 0 Å². The van der Waals surface area contributed by atoms with E-state index >= 15 is 0 Å². The molecule has 1 aliphatic rings. The zero-order valence-electron chi connectivity index (χ0n) is 11.7. The van der Waals surface area contributed by atoms with Crippen molar-refractivity contribution in [1.82, 2.24) is 9.55 Å². The molecule has 1 aliphatic carbocycles. The van der Waals surface area contributed by atoms with E-state index in [2.05, 4.69) is 9.55 Å². The Morgan fingerprint density at radius 2 is 2.10 bits per heavy atom. The van der Waals surface area contributed by atoms with E-state index in [1.54, 1.807) is 0 Å². The minimum absolute atomic E-state index is 0.166. The molecule has 1 aromatic carbocycles. The molecular formula is C15H21N3O2. The Kier molecular flexibility index (Phi) is 3.53. The monoisotopic (exact) mass is 275 g/mol. The number of ether oxygens (including phenoxy) is 1. The second-order valence-electron chi connectivity index (χ2n) is 5.36. The summed E-state index contributed by atoms with van der Waals surface area (Å²) >= 11 is 0. The lowest BCUT2D eigenvalue weighted by Crippen LogP contribution is -2.22. The first-order valence-corrected chi connectivity index (χ1v) is 7.28. The molecule has 0 bridgehead atoms. The summed E-state index contributed by atoms with van der Waals surface area (Å²) in [5.74, 6) is 1.32. The second kappa shape index (κ2) is 5.32. The first-order chi connectivity index (χ1) is 9.70. The molecule has 0 saturated heterocycles. The SMILES string of the molecule is CCOc1cccc2c1nc(N)n2C1CCC(O)CC1. The molecule has 5 nitrogen and oxygen atoms in total. The fraction of sp³-hybridized carbons (Fsp3) is 0.533. The van der Waals surface area contributed by atoms with Gasteiger partial charge in [0.15, 0.2) is 0 Å². The third-order valence-corrected chi connectivity index (χ3v) is 4.04. The summed E-state index contributed by atoms with van der Waals surface area (Å²) in [5, 5.41) is 9.64. The Labute approximate surface area is 118 Å². The zero-order valence-corrected chi connectivity index (χ0v) is 11.7. The van der Waals surface area contributed by atoms with E-state index in [-0.39, 0.29) is 6.10 Å². The van der Waals surface area contributed by atoms with E-state index in [9.17, 15) is 5.11 Å². The minimum atomic E-state index is -0.166. The van der Waals surface area contributed by atoms with Crippen LogP contribution in [-0.4, -0.2) is 27.4 Å². The standard InChI is InChI=1S/C15H21N3O2/c1-2-20-13-5-3-4-12-14(13)17-15(16)18(12)10-6-8-11(19)9-7-10/h3-5,10-11,19H,2,6-9H2,1H3,(H2,16,17). The molecule has 1 saturated carbocycles. The van der Waals surface area contributed by atoms with Crippen LogP contribution in [0.25, 0.3) is 11.0 Å². The molecule has 0 atom stereocenters. The number of aromatic nitrogens is 2. The first kappa shape index (κ1) is 13.2. The van der Waals surface area contributed by atoms with Crippen LogP contribution < -0.4 is 10.5 Å². The second-order valence-corrected chi connectivity index (χ2v) is 5.36. The minimum Gasteiger partial charge on any atom is -0.492 e. The van der Waals surface area contributed by atoms with E-state index in [1.807, 2.05) is 25.1 Å². The van der Waals surface area contributed by atoms with Gasteiger partial charge in [0.05, 0.1) is 18.2 Å². The number of fused-ring (bicyclic) bond motifs is 1. The number of benzene rings is 1. The van der Waals surface area contributed by atoms with Gasteiger partial charge in [0.1, 0.15) is 11.3 Å². The first-order valence-electron chi connectivity index (χ1n) is 7.28. The van der Waals surface area contributed by atoms with Gasteiger partial charge in [-0.3, -0.25) is 0 Å². The van der Waals surface area contributed by atoms with Crippen LogP contribution in [0.3, 0.4) is 0 Å². The topological polar surface area (TPSA) is 73.3 Å². The van der Waals surface area contributed by atoms with Crippen molar-refractivity contribution in [2.75, 3.05) is 12.3 Å². The molecule has 1 fully saturated rings. The fourth-order valence-electron chi connectivity index (χ4n) is 3.08. The van der Waals surface area contributed by atoms with Crippen molar-refractivity contribution in [3.8, 4) is 5.75 Å². The van der Waals surface area contributed by atoms with Crippen LogP contribution in [0.4, 0.5) is 5.95 Å². The maximum Gasteiger partial charge on any atom is 0.201 e. The van der Waals surface area contributed by atoms with Gasteiger partial charge in [0.2, 0.25) is 5.95 Å². The Bertz CT molecular complexity index is 600. The molecule has 1 aromatic heterocycles. The summed E-state index contributed by atoms with van der Waals surface area (Å²) in [6, 6.07) is 6.25. The van der Waals surface area contributed by atoms with Crippen LogP contribution in [-0.2, 0) is 0 Å².